The summed E-state index contributed by atoms with van der Waals surface area (Å²) in [5.74, 6) is -1.06. The Balaban J connectivity index is 2.78. The van der Waals surface area contributed by atoms with E-state index in [9.17, 15) is 13.2 Å². The molecule has 6 nitrogen and oxygen atoms in total. The van der Waals surface area contributed by atoms with Crippen LogP contribution < -0.4 is 4.72 Å². The average molecular weight is 294 g/mol. The second-order valence-electron chi connectivity index (χ2n) is 4.05. The van der Waals surface area contributed by atoms with E-state index in [1.807, 2.05) is 0 Å². The Morgan fingerprint density at radius 2 is 2.25 bits per heavy atom. The van der Waals surface area contributed by atoms with Crippen molar-refractivity contribution >= 4 is 22.1 Å². The highest BCUT2D eigenvalue weighted by Crippen LogP contribution is 2.08. The minimum absolute atomic E-state index is 0.0447. The van der Waals surface area contributed by atoms with Gasteiger partial charge in [0.05, 0.1) is 6.07 Å². The number of rotatable bonds is 6. The van der Waals surface area contributed by atoms with Crippen molar-refractivity contribution in [3.8, 4) is 6.07 Å². The molecule has 2 N–H and O–H groups in total. The number of nitrogens with one attached hydrogen (secondary N) is 1. The highest BCUT2D eigenvalue weighted by atomic mass is 32.2. The van der Waals surface area contributed by atoms with Crippen LogP contribution in [0, 0.1) is 11.3 Å². The Hall–Kier alpha value is -2.17. The van der Waals surface area contributed by atoms with Gasteiger partial charge in [0.15, 0.2) is 5.25 Å². The molecule has 0 aliphatic rings. The van der Waals surface area contributed by atoms with Crippen molar-refractivity contribution in [2.24, 2.45) is 0 Å². The van der Waals surface area contributed by atoms with Crippen LogP contribution in [0.2, 0.25) is 0 Å². The molecule has 0 saturated heterocycles. The first-order chi connectivity index (χ1) is 9.35. The zero-order chi connectivity index (χ0) is 15.2. The third-order valence-corrected chi connectivity index (χ3v) is 4.08. The van der Waals surface area contributed by atoms with Gasteiger partial charge in [0.25, 0.3) is 0 Å². The lowest BCUT2D eigenvalue weighted by Gasteiger charge is -2.08. The molecule has 7 heteroatoms. The molecule has 0 radical (unpaired) electrons. The Morgan fingerprint density at radius 3 is 2.85 bits per heavy atom. The van der Waals surface area contributed by atoms with E-state index in [-0.39, 0.29) is 6.54 Å². The number of aliphatic carboxylic acids is 1. The van der Waals surface area contributed by atoms with Crippen molar-refractivity contribution in [1.82, 2.24) is 4.72 Å². The van der Waals surface area contributed by atoms with Gasteiger partial charge in [-0.25, -0.2) is 17.9 Å². The largest absolute Gasteiger partial charge is 0.478 e. The number of nitriles is 1. The SMILES string of the molecule is CC(C#N)S(=O)(=O)NCc1cccc(C=CC(=O)O)c1. The predicted octanol–water partition coefficient (Wildman–Crippen LogP) is 1.12. The van der Waals surface area contributed by atoms with Gasteiger partial charge in [0.1, 0.15) is 0 Å². The maximum Gasteiger partial charge on any atom is 0.328 e. The number of nitrogens with zero attached hydrogens (tertiary/aromatic N) is 1. The normalized spacial score (nSPS) is 13.0. The van der Waals surface area contributed by atoms with E-state index < -0.39 is 21.2 Å². The molecule has 0 aromatic heterocycles. The lowest BCUT2D eigenvalue weighted by atomic mass is 10.1. The van der Waals surface area contributed by atoms with Crippen LogP contribution in [0.4, 0.5) is 0 Å². The van der Waals surface area contributed by atoms with E-state index >= 15 is 0 Å². The van der Waals surface area contributed by atoms with E-state index in [0.29, 0.717) is 11.1 Å². The van der Waals surface area contributed by atoms with Gasteiger partial charge < -0.3 is 5.11 Å². The molecule has 0 fully saturated rings. The summed E-state index contributed by atoms with van der Waals surface area (Å²) in [6, 6.07) is 8.43. The van der Waals surface area contributed by atoms with E-state index in [1.54, 1.807) is 30.3 Å². The average Bonchev–Trinajstić information content (AvgIpc) is 2.42. The minimum Gasteiger partial charge on any atom is -0.478 e. The fraction of sp³-hybridized carbons (Fsp3) is 0.231. The maximum absolute atomic E-state index is 11.6. The summed E-state index contributed by atoms with van der Waals surface area (Å²) in [5.41, 5.74) is 1.32. The number of sulfonamides is 1. The highest BCUT2D eigenvalue weighted by molar-refractivity contribution is 7.90. The quantitative estimate of drug-likeness (QED) is 0.764. The van der Waals surface area contributed by atoms with Crippen molar-refractivity contribution in [3.63, 3.8) is 0 Å². The van der Waals surface area contributed by atoms with Crippen LogP contribution in [0.15, 0.2) is 30.3 Å². The van der Waals surface area contributed by atoms with Crippen LogP contribution in [-0.2, 0) is 21.4 Å². The molecule has 1 rings (SSSR count). The van der Waals surface area contributed by atoms with Crippen molar-refractivity contribution in [3.05, 3.63) is 41.5 Å². The first kappa shape index (κ1) is 15.9. The molecule has 1 aromatic carbocycles. The van der Waals surface area contributed by atoms with Crippen molar-refractivity contribution in [1.29, 1.82) is 5.26 Å². The summed E-state index contributed by atoms with van der Waals surface area (Å²) in [7, 11) is -3.67. The van der Waals surface area contributed by atoms with Crippen LogP contribution in [0.1, 0.15) is 18.1 Å². The number of carboxylic acid groups (broad SMARTS) is 1. The Labute approximate surface area is 117 Å². The first-order valence-electron chi connectivity index (χ1n) is 5.73. The maximum atomic E-state index is 11.6. The molecule has 1 atom stereocenters. The molecule has 20 heavy (non-hydrogen) atoms. The molecule has 0 saturated carbocycles. The fourth-order valence-corrected chi connectivity index (χ4v) is 2.11. The topological polar surface area (TPSA) is 107 Å². The molecule has 0 aliphatic heterocycles. The summed E-state index contributed by atoms with van der Waals surface area (Å²) in [6.45, 7) is 1.34. The number of carbonyl (C=O) groups is 1. The summed E-state index contributed by atoms with van der Waals surface area (Å²) in [6.07, 6.45) is 2.42. The van der Waals surface area contributed by atoms with E-state index in [0.717, 1.165) is 6.08 Å². The predicted molar refractivity (Wildman–Crippen MR) is 73.9 cm³/mol. The molecular formula is C13H14N2O4S. The van der Waals surface area contributed by atoms with E-state index in [2.05, 4.69) is 4.72 Å². The fourth-order valence-electron chi connectivity index (χ4n) is 1.35. The van der Waals surface area contributed by atoms with Gasteiger partial charge in [-0.1, -0.05) is 24.3 Å². The van der Waals surface area contributed by atoms with Gasteiger partial charge in [-0.2, -0.15) is 5.26 Å². The van der Waals surface area contributed by atoms with Crippen molar-refractivity contribution in [2.45, 2.75) is 18.7 Å². The van der Waals surface area contributed by atoms with E-state index in [1.165, 1.54) is 13.0 Å². The zero-order valence-corrected chi connectivity index (χ0v) is 11.6. The van der Waals surface area contributed by atoms with Gasteiger partial charge >= 0.3 is 5.97 Å². The number of hydrogen-bond acceptors (Lipinski definition) is 4. The Bertz CT molecular complexity index is 659. The highest BCUT2D eigenvalue weighted by Gasteiger charge is 2.19. The second-order valence-corrected chi connectivity index (χ2v) is 6.14. The molecule has 1 aromatic rings. The first-order valence-corrected chi connectivity index (χ1v) is 7.28. The molecule has 0 bridgehead atoms. The van der Waals surface area contributed by atoms with Crippen LogP contribution in [0.5, 0.6) is 0 Å². The summed E-state index contributed by atoms with van der Waals surface area (Å²) in [5, 5.41) is 16.0. The minimum atomic E-state index is -3.67. The zero-order valence-electron chi connectivity index (χ0n) is 10.8. The number of hydrogen-bond donors (Lipinski definition) is 2. The van der Waals surface area contributed by atoms with Gasteiger partial charge in [0, 0.05) is 12.6 Å². The van der Waals surface area contributed by atoms with E-state index in [4.69, 9.17) is 10.4 Å². The Morgan fingerprint density at radius 1 is 1.55 bits per heavy atom. The molecule has 0 spiro atoms. The van der Waals surface area contributed by atoms with Gasteiger partial charge in [0.2, 0.25) is 10.0 Å². The molecule has 106 valence electrons. The van der Waals surface area contributed by atoms with Crippen molar-refractivity contribution in [2.75, 3.05) is 0 Å². The lowest BCUT2D eigenvalue weighted by Crippen LogP contribution is -2.31. The number of benzene rings is 1. The Kier molecular flexibility index (Phi) is 5.43. The summed E-state index contributed by atoms with van der Waals surface area (Å²) in [4.78, 5) is 10.4. The molecule has 0 aliphatic carbocycles. The van der Waals surface area contributed by atoms with Gasteiger partial charge in [-0.05, 0) is 24.1 Å². The molecular weight excluding hydrogens is 280 g/mol. The molecule has 0 heterocycles. The standard InChI is InChI=1S/C13H14N2O4S/c1-10(8-14)20(18,19)15-9-12-4-2-3-11(7-12)5-6-13(16)17/h2-7,10,15H,9H2,1H3,(H,16,17). The molecule has 0 amide bonds. The number of carboxylic acids is 1. The lowest BCUT2D eigenvalue weighted by molar-refractivity contribution is -0.131. The molecule has 1 unspecified atom stereocenters. The van der Waals surface area contributed by atoms with Gasteiger partial charge in [-0.3, -0.25) is 0 Å². The van der Waals surface area contributed by atoms with Crippen molar-refractivity contribution < 1.29 is 18.3 Å². The summed E-state index contributed by atoms with van der Waals surface area (Å²) < 4.78 is 25.5. The summed E-state index contributed by atoms with van der Waals surface area (Å²) >= 11 is 0. The third kappa shape index (κ3) is 4.84. The third-order valence-electron chi connectivity index (χ3n) is 2.49. The van der Waals surface area contributed by atoms with Crippen LogP contribution in [0.3, 0.4) is 0 Å². The van der Waals surface area contributed by atoms with Crippen LogP contribution >= 0.6 is 0 Å². The van der Waals surface area contributed by atoms with Crippen LogP contribution in [0.25, 0.3) is 6.08 Å². The van der Waals surface area contributed by atoms with Crippen LogP contribution in [-0.4, -0.2) is 24.7 Å². The second kappa shape index (κ2) is 6.84. The van der Waals surface area contributed by atoms with Gasteiger partial charge in [-0.15, -0.1) is 0 Å². The monoisotopic (exact) mass is 294 g/mol. The smallest absolute Gasteiger partial charge is 0.328 e.